The lowest BCUT2D eigenvalue weighted by Crippen LogP contribution is -1.92. The predicted octanol–water partition coefficient (Wildman–Crippen LogP) is 16.4. The summed E-state index contributed by atoms with van der Waals surface area (Å²) in [6, 6.07) is 83.3. The molecule has 0 saturated heterocycles. The van der Waals surface area contributed by atoms with E-state index in [1.807, 2.05) is 0 Å². The lowest BCUT2D eigenvalue weighted by Gasteiger charge is -2.09. The van der Waals surface area contributed by atoms with E-state index in [4.69, 9.17) is 4.42 Å². The highest BCUT2D eigenvalue weighted by Gasteiger charge is 2.16. The van der Waals surface area contributed by atoms with Crippen LogP contribution in [0.3, 0.4) is 0 Å². The summed E-state index contributed by atoms with van der Waals surface area (Å²) in [5.41, 5.74) is 18.3. The van der Waals surface area contributed by atoms with Gasteiger partial charge in [0.1, 0.15) is 11.2 Å². The Morgan fingerprint density at radius 2 is 0.619 bits per heavy atom. The predicted molar refractivity (Wildman–Crippen MR) is 264 cm³/mol. The summed E-state index contributed by atoms with van der Waals surface area (Å²) in [7, 11) is 0. The summed E-state index contributed by atoms with van der Waals surface area (Å²) in [5.74, 6) is 0. The van der Waals surface area contributed by atoms with Crippen molar-refractivity contribution in [2.75, 3.05) is 0 Å². The first-order valence-electron chi connectivity index (χ1n) is 21.6. The normalized spacial score (nSPS) is 11.8. The summed E-state index contributed by atoms with van der Waals surface area (Å²) in [6.45, 7) is 0. The monoisotopic (exact) mass is 802 g/mol. The molecule has 0 bridgehead atoms. The maximum absolute atomic E-state index is 6.55. The van der Waals surface area contributed by atoms with Crippen molar-refractivity contribution in [2.24, 2.45) is 0 Å². The summed E-state index contributed by atoms with van der Waals surface area (Å²) in [4.78, 5) is 0. The number of aromatic nitrogens is 2. The van der Waals surface area contributed by atoms with Gasteiger partial charge in [-0.2, -0.15) is 0 Å². The van der Waals surface area contributed by atoms with Crippen LogP contribution >= 0.6 is 0 Å². The Hall–Kier alpha value is -8.40. The molecule has 3 aromatic heterocycles. The molecule has 0 N–H and O–H groups in total. The molecular formula is C60H38N2O. The molecule has 13 rings (SSSR count). The average Bonchev–Trinajstić information content (AvgIpc) is 4.01. The van der Waals surface area contributed by atoms with Gasteiger partial charge in [-0.15, -0.1) is 0 Å². The van der Waals surface area contributed by atoms with Crippen LogP contribution in [0.15, 0.2) is 235 Å². The Balaban J connectivity index is 0.832. The molecule has 0 amide bonds. The molecule has 3 heterocycles. The Labute approximate surface area is 363 Å². The molecule has 13 aromatic rings. The minimum atomic E-state index is 0.886. The van der Waals surface area contributed by atoms with Crippen LogP contribution in [-0.4, -0.2) is 9.13 Å². The average molecular weight is 803 g/mol. The van der Waals surface area contributed by atoms with Crippen molar-refractivity contribution in [3.63, 3.8) is 0 Å². The third-order valence-corrected chi connectivity index (χ3v) is 12.9. The third-order valence-electron chi connectivity index (χ3n) is 12.9. The fraction of sp³-hybridized carbons (Fsp3) is 0. The molecule has 0 aliphatic rings. The standard InChI is InChI=1S/C60H38N2O/c1-3-17-47(18-4-1)61-55-23-9-7-21-49(55)52-35-43(26-30-57(52)61)39-13-11-15-41(33-39)45-28-32-59-54(37-45)51-29-25-46(38-60(51)63-59)42-16-12-14-40(34-42)44-27-31-58-53(36-44)50-22-8-10-24-56(50)62(58)48-19-5-2-6-20-48/h1-38H. The molecule has 0 saturated carbocycles. The van der Waals surface area contributed by atoms with Gasteiger partial charge in [-0.1, -0.05) is 133 Å². The van der Waals surface area contributed by atoms with E-state index in [0.29, 0.717) is 0 Å². The van der Waals surface area contributed by atoms with Crippen LogP contribution in [0.25, 0.3) is 121 Å². The molecule has 0 fully saturated rings. The number of hydrogen-bond acceptors (Lipinski definition) is 1. The zero-order chi connectivity index (χ0) is 41.4. The van der Waals surface area contributed by atoms with Crippen molar-refractivity contribution in [2.45, 2.75) is 0 Å². The Morgan fingerprint density at radius 3 is 1.14 bits per heavy atom. The van der Waals surface area contributed by atoms with Gasteiger partial charge in [0, 0.05) is 43.7 Å². The van der Waals surface area contributed by atoms with Crippen molar-refractivity contribution in [3.05, 3.63) is 231 Å². The molecule has 0 spiro atoms. The number of para-hydroxylation sites is 4. The highest BCUT2D eigenvalue weighted by Crippen LogP contribution is 2.40. The van der Waals surface area contributed by atoms with E-state index < -0.39 is 0 Å². The highest BCUT2D eigenvalue weighted by atomic mass is 16.3. The number of furan rings is 1. The number of rotatable bonds is 6. The van der Waals surface area contributed by atoms with E-state index in [1.54, 1.807) is 0 Å². The van der Waals surface area contributed by atoms with Gasteiger partial charge < -0.3 is 13.6 Å². The van der Waals surface area contributed by atoms with Crippen molar-refractivity contribution >= 4 is 65.6 Å². The molecular weight excluding hydrogens is 765 g/mol. The fourth-order valence-corrected chi connectivity index (χ4v) is 9.91. The van der Waals surface area contributed by atoms with E-state index in [2.05, 4.69) is 240 Å². The van der Waals surface area contributed by atoms with Gasteiger partial charge in [-0.25, -0.2) is 0 Å². The van der Waals surface area contributed by atoms with E-state index in [-0.39, 0.29) is 0 Å². The number of benzene rings is 10. The molecule has 0 radical (unpaired) electrons. The Morgan fingerprint density at radius 1 is 0.222 bits per heavy atom. The van der Waals surface area contributed by atoms with Crippen LogP contribution in [0.1, 0.15) is 0 Å². The maximum Gasteiger partial charge on any atom is 0.136 e. The number of hydrogen-bond donors (Lipinski definition) is 0. The van der Waals surface area contributed by atoms with Gasteiger partial charge in [0.2, 0.25) is 0 Å². The van der Waals surface area contributed by atoms with Crippen LogP contribution in [-0.2, 0) is 0 Å². The fourth-order valence-electron chi connectivity index (χ4n) is 9.91. The SMILES string of the molecule is c1ccc(-n2c3ccccc3c3cc(-c4cccc(-c5ccc6c(c5)oc5ccc(-c7cccc(-c8ccc9c(c8)c8ccccc8n9-c8ccccc8)c7)cc56)c4)ccc32)cc1. The largest absolute Gasteiger partial charge is 0.456 e. The van der Waals surface area contributed by atoms with Gasteiger partial charge in [0.05, 0.1) is 22.1 Å². The van der Waals surface area contributed by atoms with Crippen LogP contribution < -0.4 is 0 Å². The second-order valence-electron chi connectivity index (χ2n) is 16.5. The molecule has 0 aliphatic carbocycles. The van der Waals surface area contributed by atoms with Gasteiger partial charge in [-0.05, 0) is 142 Å². The lowest BCUT2D eigenvalue weighted by molar-refractivity contribution is 0.669. The molecule has 0 unspecified atom stereocenters. The molecule has 294 valence electrons. The van der Waals surface area contributed by atoms with Gasteiger partial charge in [0.15, 0.2) is 0 Å². The highest BCUT2D eigenvalue weighted by molar-refractivity contribution is 6.12. The van der Waals surface area contributed by atoms with Crippen molar-refractivity contribution in [1.29, 1.82) is 0 Å². The summed E-state index contributed by atoms with van der Waals surface area (Å²) in [6.07, 6.45) is 0. The summed E-state index contributed by atoms with van der Waals surface area (Å²) >= 11 is 0. The first-order valence-corrected chi connectivity index (χ1v) is 21.6. The van der Waals surface area contributed by atoms with Gasteiger partial charge >= 0.3 is 0 Å². The van der Waals surface area contributed by atoms with Crippen molar-refractivity contribution in [1.82, 2.24) is 9.13 Å². The molecule has 63 heavy (non-hydrogen) atoms. The quantitative estimate of drug-likeness (QED) is 0.164. The molecule has 10 aromatic carbocycles. The number of nitrogens with zero attached hydrogens (tertiary/aromatic N) is 2. The van der Waals surface area contributed by atoms with Gasteiger partial charge in [-0.3, -0.25) is 0 Å². The Bertz CT molecular complexity index is 3900. The van der Waals surface area contributed by atoms with Crippen molar-refractivity contribution < 1.29 is 4.42 Å². The van der Waals surface area contributed by atoms with Crippen LogP contribution in [0, 0.1) is 0 Å². The molecule has 0 atom stereocenters. The van der Waals surface area contributed by atoms with E-state index >= 15 is 0 Å². The third kappa shape index (κ3) is 5.75. The second-order valence-corrected chi connectivity index (χ2v) is 16.5. The topological polar surface area (TPSA) is 23.0 Å². The minimum absolute atomic E-state index is 0.886. The van der Waals surface area contributed by atoms with E-state index in [0.717, 1.165) is 38.6 Å². The summed E-state index contributed by atoms with van der Waals surface area (Å²) < 4.78 is 11.3. The van der Waals surface area contributed by atoms with E-state index in [9.17, 15) is 0 Å². The minimum Gasteiger partial charge on any atom is -0.456 e. The summed E-state index contributed by atoms with van der Waals surface area (Å²) in [5, 5.41) is 7.23. The first-order chi connectivity index (χ1) is 31.2. The van der Waals surface area contributed by atoms with Gasteiger partial charge in [0.25, 0.3) is 0 Å². The smallest absolute Gasteiger partial charge is 0.136 e. The van der Waals surface area contributed by atoms with Crippen LogP contribution in [0.5, 0.6) is 0 Å². The zero-order valence-electron chi connectivity index (χ0n) is 34.2. The maximum atomic E-state index is 6.55. The van der Waals surface area contributed by atoms with Crippen LogP contribution in [0.4, 0.5) is 0 Å². The lowest BCUT2D eigenvalue weighted by atomic mass is 9.96. The number of fused-ring (bicyclic) bond motifs is 9. The Kier molecular flexibility index (Phi) is 7.91. The van der Waals surface area contributed by atoms with E-state index in [1.165, 1.54) is 82.8 Å². The van der Waals surface area contributed by atoms with Crippen molar-refractivity contribution in [3.8, 4) is 55.9 Å². The van der Waals surface area contributed by atoms with Crippen LogP contribution in [0.2, 0.25) is 0 Å². The molecule has 3 heteroatoms. The zero-order valence-corrected chi connectivity index (χ0v) is 34.2. The molecule has 3 nitrogen and oxygen atoms in total. The first kappa shape index (κ1) is 35.4. The molecule has 0 aliphatic heterocycles. The second kappa shape index (κ2) is 14.1.